The average molecular weight is 348 g/mol. The van der Waals surface area contributed by atoms with E-state index in [1.807, 2.05) is 24.5 Å². The third-order valence-electron chi connectivity index (χ3n) is 3.10. The van der Waals surface area contributed by atoms with Crippen molar-refractivity contribution in [2.45, 2.75) is 25.5 Å². The van der Waals surface area contributed by atoms with Gasteiger partial charge >= 0.3 is 0 Å². The molecule has 0 saturated carbocycles. The Kier molecular flexibility index (Phi) is 9.24. The van der Waals surface area contributed by atoms with Gasteiger partial charge in [0.2, 0.25) is 5.91 Å². The van der Waals surface area contributed by atoms with Crippen LogP contribution >= 0.6 is 36.0 Å². The fraction of sp³-hybridized carbons (Fsp3) is 0.533. The number of thioether (sulfide) groups is 1. The summed E-state index contributed by atoms with van der Waals surface area (Å²) in [4.78, 5) is 12.1. The number of thiol groups is 1. The number of nitrogens with one attached hydrogen (secondary N) is 1. The molecule has 1 aromatic rings. The summed E-state index contributed by atoms with van der Waals surface area (Å²) < 4.78 is 0. The number of carbonyl (C=O) groups is 1. The standard InChI is InChI=1S/C15H22ClNO2S2/c1-21-7-3-6-14(18)17-15(19)12(10-20)8-11-4-2-5-13(16)9-11/h2,4-5,9,12,14,18,20H,3,6-8,10H2,1H3,(H,17,19). The molecule has 1 amide bonds. The number of aliphatic hydroxyl groups is 1. The second-order valence-electron chi connectivity index (χ2n) is 4.87. The summed E-state index contributed by atoms with van der Waals surface area (Å²) in [7, 11) is 0. The average Bonchev–Trinajstić information content (AvgIpc) is 2.45. The SMILES string of the molecule is CSCCCC(O)NC(=O)C(CS)Cc1cccc(Cl)c1. The van der Waals surface area contributed by atoms with Crippen molar-refractivity contribution in [2.75, 3.05) is 17.8 Å². The van der Waals surface area contributed by atoms with E-state index < -0.39 is 6.23 Å². The maximum atomic E-state index is 12.1. The van der Waals surface area contributed by atoms with Gasteiger partial charge in [0.25, 0.3) is 0 Å². The Morgan fingerprint density at radius 2 is 2.29 bits per heavy atom. The van der Waals surface area contributed by atoms with E-state index in [4.69, 9.17) is 11.6 Å². The molecule has 0 aromatic heterocycles. The second-order valence-corrected chi connectivity index (χ2v) is 6.66. The zero-order chi connectivity index (χ0) is 15.7. The van der Waals surface area contributed by atoms with Crippen LogP contribution < -0.4 is 5.32 Å². The molecule has 2 unspecified atom stereocenters. The summed E-state index contributed by atoms with van der Waals surface area (Å²) in [6.45, 7) is 0. The molecular formula is C15H22ClNO2S2. The third kappa shape index (κ3) is 7.45. The Labute approximate surface area is 141 Å². The topological polar surface area (TPSA) is 49.3 Å². The summed E-state index contributed by atoms with van der Waals surface area (Å²) in [5, 5.41) is 13.1. The Bertz CT molecular complexity index is 445. The molecule has 6 heteroatoms. The summed E-state index contributed by atoms with van der Waals surface area (Å²) in [6, 6.07) is 7.45. The Morgan fingerprint density at radius 1 is 1.52 bits per heavy atom. The van der Waals surface area contributed by atoms with Crippen molar-refractivity contribution in [2.24, 2.45) is 5.92 Å². The van der Waals surface area contributed by atoms with Crippen LogP contribution in [0.2, 0.25) is 5.02 Å². The zero-order valence-corrected chi connectivity index (χ0v) is 14.6. The normalized spacial score (nSPS) is 13.7. The van der Waals surface area contributed by atoms with Crippen LogP contribution in [0, 0.1) is 5.92 Å². The number of aliphatic hydroxyl groups excluding tert-OH is 1. The Morgan fingerprint density at radius 3 is 2.90 bits per heavy atom. The van der Waals surface area contributed by atoms with Gasteiger partial charge in [-0.15, -0.1) is 0 Å². The monoisotopic (exact) mass is 347 g/mol. The van der Waals surface area contributed by atoms with Crippen molar-refractivity contribution in [3.05, 3.63) is 34.9 Å². The molecule has 2 N–H and O–H groups in total. The number of hydrogen-bond donors (Lipinski definition) is 3. The smallest absolute Gasteiger partial charge is 0.226 e. The summed E-state index contributed by atoms with van der Waals surface area (Å²) in [5.74, 6) is 0.963. The van der Waals surface area contributed by atoms with Crippen molar-refractivity contribution in [3.8, 4) is 0 Å². The molecule has 0 spiro atoms. The van der Waals surface area contributed by atoms with Gasteiger partial charge in [0.15, 0.2) is 0 Å². The van der Waals surface area contributed by atoms with Crippen LogP contribution in [0.25, 0.3) is 0 Å². The Balaban J connectivity index is 2.49. The number of benzene rings is 1. The van der Waals surface area contributed by atoms with E-state index in [9.17, 15) is 9.90 Å². The van der Waals surface area contributed by atoms with Gasteiger partial charge in [-0.3, -0.25) is 4.79 Å². The molecule has 0 bridgehead atoms. The molecule has 0 aliphatic heterocycles. The Hall–Kier alpha value is -0.360. The third-order valence-corrected chi connectivity index (χ3v) is 4.47. The lowest BCUT2D eigenvalue weighted by Crippen LogP contribution is -2.40. The lowest BCUT2D eigenvalue weighted by molar-refractivity contribution is -0.127. The van der Waals surface area contributed by atoms with Crippen molar-refractivity contribution in [1.82, 2.24) is 5.32 Å². The highest BCUT2D eigenvalue weighted by atomic mass is 35.5. The molecule has 1 aromatic carbocycles. The predicted octanol–water partition coefficient (Wildman–Crippen LogP) is 3.01. The van der Waals surface area contributed by atoms with Crippen LogP contribution in [0.5, 0.6) is 0 Å². The minimum atomic E-state index is -0.786. The molecule has 3 nitrogen and oxygen atoms in total. The number of amides is 1. The molecule has 0 aliphatic rings. The minimum Gasteiger partial charge on any atom is -0.374 e. The molecule has 0 radical (unpaired) electrons. The first-order chi connectivity index (χ1) is 10.1. The first-order valence-corrected chi connectivity index (χ1v) is 9.30. The summed E-state index contributed by atoms with van der Waals surface area (Å²) in [5.41, 5.74) is 0.994. The molecule has 0 aliphatic carbocycles. The molecular weight excluding hydrogens is 326 g/mol. The van der Waals surface area contributed by atoms with Crippen molar-refractivity contribution >= 4 is 41.9 Å². The van der Waals surface area contributed by atoms with E-state index in [2.05, 4.69) is 17.9 Å². The largest absolute Gasteiger partial charge is 0.374 e. The van der Waals surface area contributed by atoms with E-state index >= 15 is 0 Å². The van der Waals surface area contributed by atoms with E-state index in [1.165, 1.54) is 0 Å². The quantitative estimate of drug-likeness (QED) is 0.365. The van der Waals surface area contributed by atoms with E-state index in [1.54, 1.807) is 17.8 Å². The van der Waals surface area contributed by atoms with E-state index in [0.717, 1.165) is 17.7 Å². The van der Waals surface area contributed by atoms with Crippen molar-refractivity contribution < 1.29 is 9.90 Å². The van der Waals surface area contributed by atoms with Gasteiger partial charge in [-0.1, -0.05) is 23.7 Å². The lowest BCUT2D eigenvalue weighted by atomic mass is 10.00. The van der Waals surface area contributed by atoms with Gasteiger partial charge in [-0.25, -0.2) is 0 Å². The van der Waals surface area contributed by atoms with Crippen LogP contribution in [0.4, 0.5) is 0 Å². The minimum absolute atomic E-state index is 0.165. The van der Waals surface area contributed by atoms with Gasteiger partial charge in [-0.05, 0) is 49.0 Å². The second kappa shape index (κ2) is 10.4. The molecule has 0 fully saturated rings. The van der Waals surface area contributed by atoms with Crippen LogP contribution in [0.15, 0.2) is 24.3 Å². The van der Waals surface area contributed by atoms with Gasteiger partial charge in [0.1, 0.15) is 6.23 Å². The van der Waals surface area contributed by atoms with Crippen molar-refractivity contribution in [3.63, 3.8) is 0 Å². The van der Waals surface area contributed by atoms with E-state index in [0.29, 0.717) is 23.6 Å². The highest BCUT2D eigenvalue weighted by molar-refractivity contribution is 7.98. The number of carbonyl (C=O) groups excluding carboxylic acids is 1. The fourth-order valence-electron chi connectivity index (χ4n) is 1.96. The molecule has 1 rings (SSSR count). The zero-order valence-electron chi connectivity index (χ0n) is 12.1. The van der Waals surface area contributed by atoms with Gasteiger partial charge in [0, 0.05) is 10.8 Å². The molecule has 0 heterocycles. The van der Waals surface area contributed by atoms with Gasteiger partial charge < -0.3 is 10.4 Å². The number of halogens is 1. The first kappa shape index (κ1) is 18.7. The lowest BCUT2D eigenvalue weighted by Gasteiger charge is -2.18. The molecule has 0 saturated heterocycles. The van der Waals surface area contributed by atoms with Crippen molar-refractivity contribution in [1.29, 1.82) is 0 Å². The van der Waals surface area contributed by atoms with Crippen LogP contribution in [0.1, 0.15) is 18.4 Å². The van der Waals surface area contributed by atoms with Gasteiger partial charge in [-0.2, -0.15) is 24.4 Å². The highest BCUT2D eigenvalue weighted by Gasteiger charge is 2.19. The summed E-state index contributed by atoms with van der Waals surface area (Å²) >= 11 is 11.9. The van der Waals surface area contributed by atoms with Gasteiger partial charge in [0.05, 0.1) is 5.92 Å². The fourth-order valence-corrected chi connectivity index (χ4v) is 2.93. The number of rotatable bonds is 9. The maximum absolute atomic E-state index is 12.1. The predicted molar refractivity (Wildman–Crippen MR) is 94.3 cm³/mol. The maximum Gasteiger partial charge on any atom is 0.226 e. The summed E-state index contributed by atoms with van der Waals surface area (Å²) in [6.07, 6.45) is 3.25. The number of hydrogen-bond acceptors (Lipinski definition) is 4. The first-order valence-electron chi connectivity index (χ1n) is 6.89. The molecule has 21 heavy (non-hydrogen) atoms. The highest BCUT2D eigenvalue weighted by Crippen LogP contribution is 2.16. The van der Waals surface area contributed by atoms with Crippen LogP contribution in [-0.2, 0) is 11.2 Å². The van der Waals surface area contributed by atoms with E-state index in [-0.39, 0.29) is 11.8 Å². The van der Waals surface area contributed by atoms with Crippen LogP contribution in [0.3, 0.4) is 0 Å². The molecule has 118 valence electrons. The van der Waals surface area contributed by atoms with Crippen LogP contribution in [-0.4, -0.2) is 35.0 Å². The molecule has 2 atom stereocenters.